The lowest BCUT2D eigenvalue weighted by Crippen LogP contribution is -3.00. The van der Waals surface area contributed by atoms with Crippen molar-refractivity contribution in [2.45, 2.75) is 198 Å². The largest absolute Gasteiger partial charge is 1.00 e. The second kappa shape index (κ2) is 32.5. The molecule has 4 aromatic carbocycles. The average molecular weight is 1060 g/mol. The number of halogens is 1. The van der Waals surface area contributed by atoms with Gasteiger partial charge in [-0.05, 0) is 219 Å². The van der Waals surface area contributed by atoms with E-state index in [9.17, 15) is 14.7 Å². The molecule has 0 radical (unpaired) electrons. The molecule has 0 aliphatic rings. The number of aryl methyl sites for hydroxylation is 4. The molecule has 0 unspecified atom stereocenters. The highest BCUT2D eigenvalue weighted by Crippen LogP contribution is 2.39. The molecule has 0 saturated carbocycles. The van der Waals surface area contributed by atoms with Gasteiger partial charge >= 0.3 is 11.9 Å². The van der Waals surface area contributed by atoms with E-state index in [4.69, 9.17) is 23.4 Å². The Bertz CT molecular complexity index is 2290. The zero-order valence-corrected chi connectivity index (χ0v) is 50.6. The molecule has 0 spiro atoms. The SMILES string of the molecule is C=C(C)C(=O)Oc1ccc(Oc2c(C)cc(C(C)(C)O)cc2C)cc1.C=C(C)C(=O)Oc1ccc(Oc2c(C)cc(C(C)(C)O[Si](CC)(CC)CC)cc2C)cc1.CCCC[N+](CCCC)(CCCC)CCCC.[F-]. The highest BCUT2D eigenvalue weighted by atomic mass is 28.4. The molecule has 9 nitrogen and oxygen atoms in total. The molecule has 0 atom stereocenters. The van der Waals surface area contributed by atoms with Crippen molar-refractivity contribution in [3.8, 4) is 34.5 Å². The van der Waals surface area contributed by atoms with Gasteiger partial charge < -0.3 is 37.7 Å². The van der Waals surface area contributed by atoms with Gasteiger partial charge in [0.1, 0.15) is 34.5 Å². The fourth-order valence-electron chi connectivity index (χ4n) is 8.91. The van der Waals surface area contributed by atoms with Crippen LogP contribution in [-0.4, -0.2) is 56.0 Å². The number of carbonyl (C=O) groups excluding carboxylic acids is 2. The van der Waals surface area contributed by atoms with Gasteiger partial charge in [-0.3, -0.25) is 0 Å². The Morgan fingerprint density at radius 2 is 0.800 bits per heavy atom. The summed E-state index contributed by atoms with van der Waals surface area (Å²) in [6, 6.07) is 25.4. The van der Waals surface area contributed by atoms with Gasteiger partial charge in [0.15, 0.2) is 8.32 Å². The van der Waals surface area contributed by atoms with Gasteiger partial charge in [-0.2, -0.15) is 0 Å². The van der Waals surface area contributed by atoms with Gasteiger partial charge in [-0.25, -0.2) is 9.59 Å². The van der Waals surface area contributed by atoms with Crippen molar-refractivity contribution in [1.29, 1.82) is 0 Å². The normalized spacial score (nSPS) is 11.5. The molecule has 0 aliphatic carbocycles. The fourth-order valence-corrected chi connectivity index (χ4v) is 12.0. The fraction of sp³-hybridized carbons (Fsp3) is 0.531. The van der Waals surface area contributed by atoms with Crippen molar-refractivity contribution in [2.24, 2.45) is 0 Å². The van der Waals surface area contributed by atoms with E-state index in [2.05, 4.69) is 101 Å². The van der Waals surface area contributed by atoms with E-state index in [0.717, 1.165) is 57.4 Å². The zero-order chi connectivity index (χ0) is 55.9. The first kappa shape index (κ1) is 67.9. The number of hydrogen-bond acceptors (Lipinski definition) is 8. The van der Waals surface area contributed by atoms with Gasteiger partial charge in [-0.15, -0.1) is 0 Å². The van der Waals surface area contributed by atoms with Crippen LogP contribution in [-0.2, 0) is 25.2 Å². The van der Waals surface area contributed by atoms with Gasteiger partial charge in [-0.1, -0.05) is 87.3 Å². The molecule has 418 valence electrons. The smallest absolute Gasteiger partial charge is 0.338 e. The van der Waals surface area contributed by atoms with E-state index >= 15 is 0 Å². The Hall–Kier alpha value is -5.07. The summed E-state index contributed by atoms with van der Waals surface area (Å²) in [5, 5.41) is 10.2. The third-order valence-electron chi connectivity index (χ3n) is 13.9. The van der Waals surface area contributed by atoms with Crippen LogP contribution in [0.2, 0.25) is 18.1 Å². The lowest BCUT2D eigenvalue weighted by molar-refractivity contribution is -0.929. The Morgan fingerprint density at radius 3 is 1.05 bits per heavy atom. The number of aliphatic hydroxyl groups is 1. The molecule has 0 bridgehead atoms. The van der Waals surface area contributed by atoms with Gasteiger partial charge in [0.2, 0.25) is 0 Å². The number of carbonyl (C=O) groups is 2. The summed E-state index contributed by atoms with van der Waals surface area (Å²) >= 11 is 0. The van der Waals surface area contributed by atoms with Crippen molar-refractivity contribution in [3.63, 3.8) is 0 Å². The van der Waals surface area contributed by atoms with E-state index in [1.165, 1.54) is 87.6 Å². The zero-order valence-electron chi connectivity index (χ0n) is 49.6. The monoisotopic (exact) mass is 1060 g/mol. The molecule has 4 aromatic rings. The predicted octanol–water partition coefficient (Wildman–Crippen LogP) is 14.6. The number of nitrogens with zero attached hydrogens (tertiary/aromatic N) is 1. The maximum absolute atomic E-state index is 11.7. The summed E-state index contributed by atoms with van der Waals surface area (Å²) in [5.74, 6) is 2.91. The standard InChI is InChI=1S/C27H38O4Si.C21H24O4.C16H36N.FH/c1-10-32(11-2,12-3)31-27(8,9)22-17-20(6)25(21(7)18-22)29-23-13-15-24(16-14-23)30-26(28)19(4)5;1-13(2)20(22)25-18-9-7-17(8-10-18)24-19-14(3)11-16(12-15(19)4)21(5,6)23;1-5-9-13-17(14-10-6-2,15-11-7-3)16-12-8-4;/h13-18H,4,10-12H2,1-3,5-9H3;7-12,23H,1H2,2-6H3;5-16H2,1-4H3;1H/q;;+1;/p-1. The van der Waals surface area contributed by atoms with Crippen LogP contribution in [0.15, 0.2) is 97.1 Å². The maximum Gasteiger partial charge on any atom is 0.338 e. The molecule has 0 fully saturated rings. The minimum Gasteiger partial charge on any atom is -1.00 e. The molecular formula is C64H98FNO8Si. The Labute approximate surface area is 455 Å². The summed E-state index contributed by atoms with van der Waals surface area (Å²) in [6.45, 7) is 48.0. The van der Waals surface area contributed by atoms with Crippen LogP contribution in [0.5, 0.6) is 34.5 Å². The van der Waals surface area contributed by atoms with Gasteiger partial charge in [0.25, 0.3) is 0 Å². The predicted molar refractivity (Wildman–Crippen MR) is 312 cm³/mol. The number of benzene rings is 4. The Morgan fingerprint density at radius 1 is 0.520 bits per heavy atom. The number of unbranched alkanes of at least 4 members (excludes halogenated alkanes) is 4. The minimum atomic E-state index is -1.74. The van der Waals surface area contributed by atoms with Crippen molar-refractivity contribution < 1.29 is 47.3 Å². The lowest BCUT2D eigenvalue weighted by atomic mass is 9.94. The summed E-state index contributed by atoms with van der Waals surface area (Å²) in [4.78, 5) is 23.2. The first-order valence-electron chi connectivity index (χ1n) is 27.6. The van der Waals surface area contributed by atoms with Crippen molar-refractivity contribution in [2.75, 3.05) is 26.2 Å². The molecule has 0 amide bonds. The molecule has 0 heterocycles. The number of ether oxygens (including phenoxy) is 4. The van der Waals surface area contributed by atoms with Crippen LogP contribution in [0.4, 0.5) is 0 Å². The van der Waals surface area contributed by atoms with E-state index in [1.807, 2.05) is 26.0 Å². The maximum atomic E-state index is 11.7. The van der Waals surface area contributed by atoms with Crippen molar-refractivity contribution in [1.82, 2.24) is 0 Å². The summed E-state index contributed by atoms with van der Waals surface area (Å²) in [5.41, 5.74) is 5.48. The third-order valence-corrected chi connectivity index (χ3v) is 18.7. The number of rotatable bonds is 27. The number of esters is 2. The van der Waals surface area contributed by atoms with Crippen LogP contribution >= 0.6 is 0 Å². The first-order valence-corrected chi connectivity index (χ1v) is 30.1. The van der Waals surface area contributed by atoms with Crippen LogP contribution in [0.25, 0.3) is 0 Å². The molecule has 1 N–H and O–H groups in total. The third kappa shape index (κ3) is 22.2. The Kier molecular flexibility index (Phi) is 29.4. The molecule has 0 aliphatic heterocycles. The Balaban J connectivity index is 0.000000586. The van der Waals surface area contributed by atoms with Gasteiger partial charge in [0.05, 0.1) is 37.4 Å². The van der Waals surface area contributed by atoms with Crippen LogP contribution < -0.4 is 23.7 Å². The quantitative estimate of drug-likeness (QED) is 0.0207. The topological polar surface area (TPSA) is 101 Å². The molecule has 0 aromatic heterocycles. The minimum absolute atomic E-state index is 0. The second-order valence-corrected chi connectivity index (χ2v) is 26.1. The van der Waals surface area contributed by atoms with Crippen LogP contribution in [0.3, 0.4) is 0 Å². The van der Waals surface area contributed by atoms with Crippen LogP contribution in [0, 0.1) is 27.7 Å². The van der Waals surface area contributed by atoms with Gasteiger partial charge in [0, 0.05) is 11.1 Å². The van der Waals surface area contributed by atoms with Crippen LogP contribution in [0.1, 0.15) is 175 Å². The summed E-state index contributed by atoms with van der Waals surface area (Å²) in [6.07, 6.45) is 11.1. The lowest BCUT2D eigenvalue weighted by Gasteiger charge is -2.39. The summed E-state index contributed by atoms with van der Waals surface area (Å²) < 4.78 is 30.8. The number of hydrogen-bond donors (Lipinski definition) is 1. The van der Waals surface area contributed by atoms with Crippen molar-refractivity contribution >= 4 is 20.3 Å². The summed E-state index contributed by atoms with van der Waals surface area (Å²) in [7, 11) is -1.74. The van der Waals surface area contributed by atoms with Crippen molar-refractivity contribution in [3.05, 3.63) is 130 Å². The molecule has 75 heavy (non-hydrogen) atoms. The molecular weight excluding hydrogens is 958 g/mol. The molecule has 0 saturated heterocycles. The average Bonchev–Trinajstić information content (AvgIpc) is 3.36. The van der Waals surface area contributed by atoms with E-state index in [0.29, 0.717) is 34.1 Å². The molecule has 11 heteroatoms. The first-order chi connectivity index (χ1) is 34.8. The highest BCUT2D eigenvalue weighted by molar-refractivity contribution is 6.73. The van der Waals surface area contributed by atoms with E-state index in [-0.39, 0.29) is 10.3 Å². The highest BCUT2D eigenvalue weighted by Gasteiger charge is 2.37. The van der Waals surface area contributed by atoms with E-state index in [1.54, 1.807) is 76.2 Å². The molecule has 4 rings (SSSR count). The number of quaternary nitrogens is 1. The second-order valence-electron chi connectivity index (χ2n) is 21.4. The van der Waals surface area contributed by atoms with E-state index < -0.39 is 25.9 Å².